The van der Waals surface area contributed by atoms with Gasteiger partial charge in [0.1, 0.15) is 0 Å². The van der Waals surface area contributed by atoms with Gasteiger partial charge in [0.15, 0.2) is 0 Å². The minimum Gasteiger partial charge on any atom is -0.0654 e. The molecular weight excluding hydrogens is 895 g/mol. The molecule has 0 amide bonds. The van der Waals surface area contributed by atoms with E-state index >= 15 is 0 Å². The minimum atomic E-state index is -1.16. The molecule has 0 saturated heterocycles. The van der Waals surface area contributed by atoms with Gasteiger partial charge in [0.05, 0.1) is 0 Å². The van der Waals surface area contributed by atoms with E-state index in [-0.39, 0.29) is 5.92 Å². The van der Waals surface area contributed by atoms with Gasteiger partial charge < -0.3 is 9.90 Å². The molecule has 390 valence electrons. The van der Waals surface area contributed by atoms with Crippen molar-refractivity contribution in [1.82, 2.24) is 0 Å². The zero-order chi connectivity index (χ0) is 47.6. The Hall–Kier alpha value is 0.269. The van der Waals surface area contributed by atoms with Crippen LogP contribution in [-0.4, -0.2) is 25.7 Å². The first-order chi connectivity index (χ1) is 32.1. The second-order valence-electron chi connectivity index (χ2n) is 21.5. The van der Waals surface area contributed by atoms with Crippen molar-refractivity contribution in [3.8, 4) is 0 Å². The third-order valence-corrected chi connectivity index (χ3v) is 24.0. The van der Waals surface area contributed by atoms with Gasteiger partial charge in [-0.2, -0.15) is 0 Å². The first-order valence-electron chi connectivity index (χ1n) is 31.1. The zero-order valence-corrected chi connectivity index (χ0v) is 49.1. The summed E-state index contributed by atoms with van der Waals surface area (Å²) in [6.07, 6.45) is 75.6. The second-order valence-corrected chi connectivity index (χ2v) is 30.0. The molecule has 1 unspecified atom stereocenters. The summed E-state index contributed by atoms with van der Waals surface area (Å²) in [4.78, 5) is 10.3. The van der Waals surface area contributed by atoms with Gasteiger partial charge >= 0.3 is 245 Å². The fraction of sp³-hybridized carbons (Fsp3) is 0.984. The van der Waals surface area contributed by atoms with Crippen LogP contribution >= 0.6 is 0 Å². The van der Waals surface area contributed by atoms with Gasteiger partial charge in [0.25, 0.3) is 0 Å². The Morgan fingerprint density at radius 2 is 0.446 bits per heavy atom. The van der Waals surface area contributed by atoms with Crippen LogP contribution in [0.3, 0.4) is 0 Å². The van der Waals surface area contributed by atoms with E-state index in [1.165, 1.54) is 270 Å². The summed E-state index contributed by atoms with van der Waals surface area (Å²) in [6.45, 7) is 10.9. The van der Waals surface area contributed by atoms with Gasteiger partial charge in [-0.05, 0) is 18.8 Å². The SMILES string of the molecule is CCCCC(CC)C(=O)[O-].CCCCCCCCCCCCCCCCC[CH2][Sn+]([CH2]CCCCCCCCCCCCCCCCC)[CH2]CCCCCCCCCCCCCCCCC. The second kappa shape index (κ2) is 62.3. The predicted octanol–water partition coefficient (Wildman–Crippen LogP) is 22.2. The summed E-state index contributed by atoms with van der Waals surface area (Å²) < 4.78 is 5.20. The molecule has 3 heteroatoms. The number of hydrogen-bond acceptors (Lipinski definition) is 2. The van der Waals surface area contributed by atoms with Crippen molar-refractivity contribution in [2.24, 2.45) is 5.92 Å². The summed E-state index contributed by atoms with van der Waals surface area (Å²) in [5, 5.41) is 10.3. The van der Waals surface area contributed by atoms with Crippen LogP contribution in [0.2, 0.25) is 13.3 Å². The van der Waals surface area contributed by atoms with Gasteiger partial charge in [-0.25, -0.2) is 0 Å². The maximum absolute atomic E-state index is 10.3. The molecule has 0 fully saturated rings. The van der Waals surface area contributed by atoms with Gasteiger partial charge in [0.2, 0.25) is 0 Å². The van der Waals surface area contributed by atoms with Crippen LogP contribution in [0.4, 0.5) is 0 Å². The van der Waals surface area contributed by atoms with E-state index in [1.54, 1.807) is 51.8 Å². The number of carbonyl (C=O) groups excluding carboxylic acids is 1. The molecule has 0 bridgehead atoms. The normalized spacial score (nSPS) is 11.8. The topological polar surface area (TPSA) is 40.1 Å². The van der Waals surface area contributed by atoms with Crippen molar-refractivity contribution in [3.63, 3.8) is 0 Å². The van der Waals surface area contributed by atoms with Crippen molar-refractivity contribution >= 4 is 25.7 Å². The van der Waals surface area contributed by atoms with Crippen LogP contribution in [0.1, 0.15) is 369 Å². The van der Waals surface area contributed by atoms with Crippen molar-refractivity contribution in [2.75, 3.05) is 0 Å². The molecule has 0 aliphatic heterocycles. The number of unbranched alkanes of at least 4 members (excludes halogenated alkanes) is 46. The van der Waals surface area contributed by atoms with E-state index in [0.717, 1.165) is 19.3 Å². The summed E-state index contributed by atoms with van der Waals surface area (Å²) in [7, 11) is 0. The fourth-order valence-corrected chi connectivity index (χ4v) is 18.6. The molecule has 0 aromatic heterocycles. The Balaban J connectivity index is 0. The quantitative estimate of drug-likeness (QED) is 0.0450. The Morgan fingerprint density at radius 1 is 0.277 bits per heavy atom. The van der Waals surface area contributed by atoms with Gasteiger partial charge in [0, 0.05) is 5.97 Å². The summed E-state index contributed by atoms with van der Waals surface area (Å²) >= 11 is -1.16. The smallest absolute Gasteiger partial charge is 0.0654 e. The molecule has 1 atom stereocenters. The third-order valence-electron chi connectivity index (χ3n) is 14.9. The molecule has 0 rings (SSSR count). The fourth-order valence-electron chi connectivity index (χ4n) is 10.1. The number of rotatable bonds is 56. The van der Waals surface area contributed by atoms with Crippen LogP contribution in [0.5, 0.6) is 0 Å². The molecule has 0 heterocycles. The van der Waals surface area contributed by atoms with Crippen LogP contribution < -0.4 is 5.11 Å². The first-order valence-corrected chi connectivity index (χ1v) is 37.2. The van der Waals surface area contributed by atoms with E-state index in [9.17, 15) is 9.90 Å². The Kier molecular flexibility index (Phi) is 64.5. The number of carboxylic acid groups (broad SMARTS) is 1. The average Bonchev–Trinajstić information content (AvgIpc) is 3.31. The third kappa shape index (κ3) is 60.3. The van der Waals surface area contributed by atoms with Crippen LogP contribution in [0.15, 0.2) is 0 Å². The Labute approximate surface area is 420 Å². The monoisotopic (exact) mass is 1020 g/mol. The first kappa shape index (κ1) is 67.3. The summed E-state index contributed by atoms with van der Waals surface area (Å²) in [5.41, 5.74) is 0. The van der Waals surface area contributed by atoms with E-state index in [4.69, 9.17) is 0 Å². The number of carbonyl (C=O) groups is 1. The van der Waals surface area contributed by atoms with E-state index in [0.29, 0.717) is 6.42 Å². The molecular formula is C62H126O2Sn. The van der Waals surface area contributed by atoms with Gasteiger partial charge in [-0.15, -0.1) is 0 Å². The van der Waals surface area contributed by atoms with Crippen molar-refractivity contribution in [3.05, 3.63) is 0 Å². The van der Waals surface area contributed by atoms with Crippen molar-refractivity contribution in [2.45, 2.75) is 382 Å². The molecule has 2 nitrogen and oxygen atoms in total. The van der Waals surface area contributed by atoms with Crippen molar-refractivity contribution < 1.29 is 9.90 Å². The molecule has 0 aliphatic rings. The predicted molar refractivity (Wildman–Crippen MR) is 297 cm³/mol. The standard InChI is InChI=1S/3C18H37.C8H16O2.Sn/c3*1-3-5-7-9-11-13-15-17-18-16-14-12-10-8-6-4-2;1-3-5-6-7(4-2)8(9)10;/h3*1,3-18H2,2H3;7H,3-6H2,1-2H3,(H,9,10);/q;;;;+1/p-1. The number of carboxylic acids is 1. The average molecular weight is 1020 g/mol. The molecule has 0 radical (unpaired) electrons. The van der Waals surface area contributed by atoms with Gasteiger partial charge in [-0.1, -0.05) is 144 Å². The molecule has 0 spiro atoms. The van der Waals surface area contributed by atoms with Crippen LogP contribution in [0, 0.1) is 5.92 Å². The Morgan fingerprint density at radius 3 is 0.600 bits per heavy atom. The number of hydrogen-bond donors (Lipinski definition) is 0. The van der Waals surface area contributed by atoms with E-state index in [1.807, 2.05) is 6.92 Å². The molecule has 0 aromatic rings. The molecule has 65 heavy (non-hydrogen) atoms. The van der Waals surface area contributed by atoms with Crippen LogP contribution in [-0.2, 0) is 4.79 Å². The van der Waals surface area contributed by atoms with E-state index < -0.39 is 25.7 Å². The Bertz CT molecular complexity index is 744. The maximum atomic E-state index is 10.3. The zero-order valence-electron chi connectivity index (χ0n) is 46.3. The number of aliphatic carboxylic acids is 1. The molecule has 0 N–H and O–H groups in total. The van der Waals surface area contributed by atoms with Crippen molar-refractivity contribution in [1.29, 1.82) is 0 Å². The van der Waals surface area contributed by atoms with Gasteiger partial charge in [-0.3, -0.25) is 0 Å². The summed E-state index contributed by atoms with van der Waals surface area (Å²) in [5.74, 6) is -1.11. The molecule has 0 aliphatic carbocycles. The molecule has 0 aromatic carbocycles. The molecule has 0 saturated carbocycles. The van der Waals surface area contributed by atoms with E-state index in [2.05, 4.69) is 27.7 Å². The summed E-state index contributed by atoms with van der Waals surface area (Å²) in [6, 6.07) is 0. The minimum absolute atomic E-state index is 0.222. The van der Waals surface area contributed by atoms with Crippen LogP contribution in [0.25, 0.3) is 0 Å².